The van der Waals surface area contributed by atoms with Crippen LogP contribution in [0.1, 0.15) is 17.4 Å². The maximum Gasteiger partial charge on any atom is 0.248 e. The van der Waals surface area contributed by atoms with Gasteiger partial charge in [0.2, 0.25) is 11.8 Å². The quantitative estimate of drug-likeness (QED) is 0.131. The third-order valence-electron chi connectivity index (χ3n) is 14.8. The molecule has 11 heteroatoms. The molecule has 4 aromatic heterocycles. The third-order valence-corrected chi connectivity index (χ3v) is 14.8. The Labute approximate surface area is 454 Å². The molecule has 2 unspecified atom stereocenters. The first-order valence-electron chi connectivity index (χ1n) is 26.2. The Kier molecular flexibility index (Phi) is 11.0. The lowest BCUT2D eigenvalue weighted by Crippen LogP contribution is -2.30. The summed E-state index contributed by atoms with van der Waals surface area (Å²) in [5, 5.41) is 11.8. The second-order valence-electron chi connectivity index (χ2n) is 19.6. The molecule has 0 bridgehead atoms. The van der Waals surface area contributed by atoms with Gasteiger partial charge in [0.1, 0.15) is 0 Å². The van der Waals surface area contributed by atoms with Crippen molar-refractivity contribution in [3.63, 3.8) is 0 Å². The van der Waals surface area contributed by atoms with Crippen LogP contribution < -0.4 is 4.90 Å². The Balaban J connectivity index is 0.775. The van der Waals surface area contributed by atoms with E-state index in [0.717, 1.165) is 83.4 Å². The maximum atomic E-state index is 6.79. The summed E-state index contributed by atoms with van der Waals surface area (Å²) >= 11 is 0. The van der Waals surface area contributed by atoms with Crippen molar-refractivity contribution in [2.24, 2.45) is 0 Å². The number of nitrogens with zero attached hydrogens (tertiary/aromatic N) is 10. The van der Waals surface area contributed by atoms with Crippen LogP contribution in [-0.4, -0.2) is 50.7 Å². The van der Waals surface area contributed by atoms with Crippen LogP contribution in [-0.2, 0) is 0 Å². The Morgan fingerprint density at radius 3 is 1.42 bits per heavy atom. The average molecular weight is 1020 g/mol. The highest BCUT2D eigenvalue weighted by molar-refractivity contribution is 6.10. The van der Waals surface area contributed by atoms with E-state index in [9.17, 15) is 0 Å². The van der Waals surface area contributed by atoms with Crippen LogP contribution >= 0.6 is 0 Å². The first-order chi connectivity index (χ1) is 39.1. The molecule has 0 spiro atoms. The lowest BCUT2D eigenvalue weighted by Gasteiger charge is -2.30. The Bertz CT molecular complexity index is 4400. The van der Waals surface area contributed by atoms with E-state index in [2.05, 4.69) is 143 Å². The van der Waals surface area contributed by atoms with Crippen molar-refractivity contribution >= 4 is 38.8 Å². The normalized spacial score (nSPS) is 14.6. The monoisotopic (exact) mass is 1020 g/mol. The minimum Gasteiger partial charge on any atom is -0.416 e. The summed E-state index contributed by atoms with van der Waals surface area (Å²) in [6, 6.07) is 80.4. The molecule has 13 aromatic rings. The molecule has 0 saturated carbocycles. The molecule has 0 saturated heterocycles. The Morgan fingerprint density at radius 2 is 0.823 bits per heavy atom. The van der Waals surface area contributed by atoms with Gasteiger partial charge in [-0.1, -0.05) is 206 Å². The molecule has 79 heavy (non-hydrogen) atoms. The molecule has 11 nitrogen and oxygen atoms in total. The number of fused-ring (bicyclic) bond motifs is 6. The smallest absolute Gasteiger partial charge is 0.248 e. The van der Waals surface area contributed by atoms with Crippen LogP contribution in [0.4, 0.5) is 11.4 Å². The summed E-state index contributed by atoms with van der Waals surface area (Å²) < 4.78 is 9.08. The fourth-order valence-electron chi connectivity index (χ4n) is 11.2. The lowest BCUT2D eigenvalue weighted by atomic mass is 9.84. The summed E-state index contributed by atoms with van der Waals surface area (Å²) in [7, 11) is 0. The van der Waals surface area contributed by atoms with Crippen molar-refractivity contribution in [3.05, 3.63) is 266 Å². The van der Waals surface area contributed by atoms with Gasteiger partial charge in [0.05, 0.1) is 17.1 Å². The van der Waals surface area contributed by atoms with Gasteiger partial charge < -0.3 is 13.9 Å². The first kappa shape index (κ1) is 45.6. The van der Waals surface area contributed by atoms with E-state index in [1.807, 2.05) is 121 Å². The maximum absolute atomic E-state index is 6.79. The highest BCUT2D eigenvalue weighted by atomic mass is 16.4. The molecule has 372 valence electrons. The zero-order valence-corrected chi connectivity index (χ0v) is 42.3. The van der Waals surface area contributed by atoms with Gasteiger partial charge in [-0.15, -0.1) is 10.2 Å². The van der Waals surface area contributed by atoms with Crippen LogP contribution in [0.5, 0.6) is 0 Å². The number of hydrogen-bond acceptors (Lipinski definition) is 10. The molecule has 9 aromatic carbocycles. The molecule has 0 amide bonds. The van der Waals surface area contributed by atoms with Crippen molar-refractivity contribution in [2.45, 2.75) is 12.0 Å². The largest absolute Gasteiger partial charge is 0.416 e. The standard InChI is InChI=1S/C68H44N10O/c1-5-20-43(21-6-1)61-69-62(44-22-7-2-8-23-44)72-65(71-61)47-28-17-30-50(40-47)77-57-36-16-14-33-54(57)60-55(34-19-37-58(60)77)68-76-75-67(79-68)49-38-39-53-52-32-13-15-35-56(52)78(59(53)42-49)51-31-18-29-48(41-51)66-73-63(45-24-9-3-10-25-45)70-64(74-66)46-26-11-4-12-27-46/h1-42,58,60H. The van der Waals surface area contributed by atoms with Gasteiger partial charge in [0.25, 0.3) is 0 Å². The molecule has 1 aliphatic carbocycles. The zero-order valence-electron chi connectivity index (χ0n) is 42.3. The predicted molar refractivity (Wildman–Crippen MR) is 312 cm³/mol. The Morgan fingerprint density at radius 1 is 0.354 bits per heavy atom. The highest BCUT2D eigenvalue weighted by Crippen LogP contribution is 2.53. The lowest BCUT2D eigenvalue weighted by molar-refractivity contribution is 0.544. The van der Waals surface area contributed by atoms with Crippen molar-refractivity contribution < 1.29 is 4.42 Å². The van der Waals surface area contributed by atoms with E-state index in [0.29, 0.717) is 46.7 Å². The molecule has 0 radical (unpaired) electrons. The van der Waals surface area contributed by atoms with Crippen molar-refractivity contribution in [3.8, 4) is 85.5 Å². The van der Waals surface area contributed by atoms with Crippen LogP contribution in [0.25, 0.3) is 113 Å². The number of benzene rings is 9. The number of para-hydroxylation sites is 2. The van der Waals surface area contributed by atoms with Crippen LogP contribution in [0.15, 0.2) is 259 Å². The predicted octanol–water partition coefficient (Wildman–Crippen LogP) is 15.5. The van der Waals surface area contributed by atoms with Crippen molar-refractivity contribution in [1.82, 2.24) is 44.7 Å². The van der Waals surface area contributed by atoms with Crippen LogP contribution in [0, 0.1) is 0 Å². The van der Waals surface area contributed by atoms with Gasteiger partial charge in [-0.3, -0.25) is 0 Å². The van der Waals surface area contributed by atoms with Gasteiger partial charge in [0.15, 0.2) is 34.9 Å². The van der Waals surface area contributed by atoms with E-state index in [1.165, 1.54) is 5.56 Å². The molecule has 15 rings (SSSR count). The number of aromatic nitrogens is 9. The molecular formula is C68H44N10O. The molecule has 0 fully saturated rings. The fourth-order valence-corrected chi connectivity index (χ4v) is 11.2. The van der Waals surface area contributed by atoms with Gasteiger partial charge in [-0.05, 0) is 54.1 Å². The second kappa shape index (κ2) is 19.1. The number of allylic oxidation sites excluding steroid dienone is 2. The summed E-state index contributed by atoms with van der Waals surface area (Å²) in [5.74, 6) is 4.44. The number of rotatable bonds is 10. The van der Waals surface area contributed by atoms with Gasteiger partial charge >= 0.3 is 0 Å². The molecule has 2 atom stereocenters. The van der Waals surface area contributed by atoms with Gasteiger partial charge in [-0.2, -0.15) is 0 Å². The summed E-state index contributed by atoms with van der Waals surface area (Å²) in [6.07, 6.45) is 6.48. The molecular weight excluding hydrogens is 973 g/mol. The number of anilines is 2. The van der Waals surface area contributed by atoms with Crippen LogP contribution in [0.2, 0.25) is 0 Å². The first-order valence-corrected chi connectivity index (χ1v) is 26.2. The minimum absolute atomic E-state index is 0.0867. The highest BCUT2D eigenvalue weighted by Gasteiger charge is 2.43. The van der Waals surface area contributed by atoms with Crippen LogP contribution in [0.3, 0.4) is 0 Å². The van der Waals surface area contributed by atoms with Crippen molar-refractivity contribution in [2.75, 3.05) is 4.90 Å². The molecule has 0 N–H and O–H groups in total. The number of hydrogen-bond donors (Lipinski definition) is 0. The van der Waals surface area contributed by atoms with Gasteiger partial charge in [0, 0.05) is 78.3 Å². The molecule has 1 aliphatic heterocycles. The topological polar surface area (TPSA) is 124 Å². The summed E-state index contributed by atoms with van der Waals surface area (Å²) in [4.78, 5) is 32.5. The zero-order chi connectivity index (χ0) is 52.2. The van der Waals surface area contributed by atoms with E-state index in [1.54, 1.807) is 0 Å². The third kappa shape index (κ3) is 8.16. The van der Waals surface area contributed by atoms with E-state index >= 15 is 0 Å². The SMILES string of the molecule is C1=CC2C(C(c3nnc(-c4ccc5c6ccccc6n(-c6cccc(-c7nc(-c8ccccc8)nc(-c8ccccc8)n7)c6)c5c4)o3)=C1)c1ccccc1N2c1cccc(-c2nc(-c3ccccc3)nc(-c3ccccc3)n2)c1. The summed E-state index contributed by atoms with van der Waals surface area (Å²) in [5.41, 5.74) is 13.5. The minimum atomic E-state index is -0.0982. The van der Waals surface area contributed by atoms with E-state index in [4.69, 9.17) is 44.5 Å². The Hall–Kier alpha value is -10.8. The second-order valence-corrected chi connectivity index (χ2v) is 19.6. The van der Waals surface area contributed by atoms with E-state index in [-0.39, 0.29) is 12.0 Å². The molecule has 2 aliphatic rings. The van der Waals surface area contributed by atoms with E-state index < -0.39 is 0 Å². The molecule has 5 heterocycles. The summed E-state index contributed by atoms with van der Waals surface area (Å²) in [6.45, 7) is 0. The van der Waals surface area contributed by atoms with Crippen molar-refractivity contribution in [1.29, 1.82) is 0 Å². The average Bonchev–Trinajstić information content (AvgIpc) is 4.29. The van der Waals surface area contributed by atoms with Gasteiger partial charge in [-0.25, -0.2) is 29.9 Å². The fraction of sp³-hybridized carbons (Fsp3) is 0.0294.